The van der Waals surface area contributed by atoms with Gasteiger partial charge in [-0.1, -0.05) is 29.8 Å². The number of aliphatic imine (C=N–C) groups is 1. The maximum absolute atomic E-state index is 12.7. The van der Waals surface area contributed by atoms with Gasteiger partial charge in [-0.25, -0.2) is 4.98 Å². The van der Waals surface area contributed by atoms with Crippen molar-refractivity contribution < 1.29 is 9.21 Å². The molecule has 4 rings (SSSR count). The highest BCUT2D eigenvalue weighted by Gasteiger charge is 2.30. The van der Waals surface area contributed by atoms with E-state index in [9.17, 15) is 4.79 Å². The van der Waals surface area contributed by atoms with Crippen LogP contribution in [0, 0.1) is 6.92 Å². The molecule has 0 radical (unpaired) electrons. The van der Waals surface area contributed by atoms with Gasteiger partial charge in [-0.3, -0.25) is 14.7 Å². The average molecular weight is 439 g/mol. The number of aryl methyl sites for hydroxylation is 1. The molecule has 2 aliphatic heterocycles. The molecule has 1 aromatic carbocycles. The number of hydrogen-bond acceptors (Lipinski definition) is 5. The number of amides is 1. The summed E-state index contributed by atoms with van der Waals surface area (Å²) in [5.74, 6) is 2.50. The molecule has 0 saturated carbocycles. The van der Waals surface area contributed by atoms with Gasteiger partial charge in [0.1, 0.15) is 0 Å². The summed E-state index contributed by atoms with van der Waals surface area (Å²) >= 11 is 0. The molecule has 2 saturated heterocycles. The topological polar surface area (TPSA) is 77.2 Å². The van der Waals surface area contributed by atoms with Gasteiger partial charge in [0.25, 0.3) is 0 Å². The van der Waals surface area contributed by atoms with Gasteiger partial charge >= 0.3 is 0 Å². The summed E-state index contributed by atoms with van der Waals surface area (Å²) in [7, 11) is 1.79. The Kier molecular flexibility index (Phi) is 7.09. The normalized spacial score (nSPS) is 18.8. The molecule has 172 valence electrons. The van der Waals surface area contributed by atoms with E-state index in [2.05, 4.69) is 44.1 Å². The zero-order valence-electron chi connectivity index (χ0n) is 19.4. The van der Waals surface area contributed by atoms with Crippen LogP contribution in [0.15, 0.2) is 39.9 Å². The molecule has 8 nitrogen and oxygen atoms in total. The molecule has 2 fully saturated rings. The van der Waals surface area contributed by atoms with Gasteiger partial charge in [-0.15, -0.1) is 0 Å². The lowest BCUT2D eigenvalue weighted by atomic mass is 10.1. The molecule has 1 N–H and O–H groups in total. The van der Waals surface area contributed by atoms with E-state index in [4.69, 9.17) is 4.42 Å². The second-order valence-corrected chi connectivity index (χ2v) is 8.62. The number of benzene rings is 1. The molecule has 8 heteroatoms. The lowest BCUT2D eigenvalue weighted by Gasteiger charge is -2.39. The summed E-state index contributed by atoms with van der Waals surface area (Å²) < 4.78 is 5.92. The van der Waals surface area contributed by atoms with E-state index in [-0.39, 0.29) is 11.9 Å². The Labute approximate surface area is 190 Å². The highest BCUT2D eigenvalue weighted by Crippen LogP contribution is 2.21. The summed E-state index contributed by atoms with van der Waals surface area (Å²) in [5.41, 5.74) is 2.24. The van der Waals surface area contributed by atoms with E-state index in [1.165, 1.54) is 5.56 Å². The first-order valence-corrected chi connectivity index (χ1v) is 11.6. The van der Waals surface area contributed by atoms with Crippen molar-refractivity contribution in [3.05, 3.63) is 41.9 Å². The third kappa shape index (κ3) is 5.12. The van der Waals surface area contributed by atoms with Crippen molar-refractivity contribution in [1.82, 2.24) is 25.0 Å². The summed E-state index contributed by atoms with van der Waals surface area (Å²) in [6.07, 6.45) is 4.03. The number of piperazine rings is 1. The minimum atomic E-state index is -0.0576. The van der Waals surface area contributed by atoms with E-state index in [1.54, 1.807) is 13.2 Å². The van der Waals surface area contributed by atoms with Crippen LogP contribution in [0.5, 0.6) is 0 Å². The predicted molar refractivity (Wildman–Crippen MR) is 125 cm³/mol. The Morgan fingerprint density at radius 2 is 1.78 bits per heavy atom. The van der Waals surface area contributed by atoms with Crippen LogP contribution in [0.4, 0.5) is 0 Å². The highest BCUT2D eigenvalue weighted by atomic mass is 16.4. The number of likely N-dealkylation sites (tertiary alicyclic amines) is 1. The zero-order valence-corrected chi connectivity index (χ0v) is 19.4. The fraction of sp³-hybridized carbons (Fsp3) is 0.542. The smallest absolute Gasteiger partial charge is 0.239 e. The van der Waals surface area contributed by atoms with E-state index in [1.807, 2.05) is 24.0 Å². The lowest BCUT2D eigenvalue weighted by Crippen LogP contribution is -2.57. The van der Waals surface area contributed by atoms with Crippen LogP contribution in [-0.4, -0.2) is 83.9 Å². The SMILES string of the molecule is CN=C(NCc1ncc(-c2ccc(C)cc2)o1)N1CCN(C(C)C(=O)N2CCCC2)CC1. The molecule has 0 bridgehead atoms. The molecular weight excluding hydrogens is 404 g/mol. The molecular formula is C24H34N6O2. The fourth-order valence-corrected chi connectivity index (χ4v) is 4.41. The molecule has 1 amide bonds. The van der Waals surface area contributed by atoms with E-state index in [0.717, 1.165) is 69.4 Å². The van der Waals surface area contributed by atoms with Crippen molar-refractivity contribution in [2.75, 3.05) is 46.3 Å². The Bertz CT molecular complexity index is 924. The van der Waals surface area contributed by atoms with E-state index >= 15 is 0 Å². The summed E-state index contributed by atoms with van der Waals surface area (Å²) in [6, 6.07) is 8.16. The number of aromatic nitrogens is 1. The summed E-state index contributed by atoms with van der Waals surface area (Å²) in [6.45, 7) is 9.75. The summed E-state index contributed by atoms with van der Waals surface area (Å²) in [5, 5.41) is 3.37. The van der Waals surface area contributed by atoms with Crippen LogP contribution in [0.2, 0.25) is 0 Å². The minimum absolute atomic E-state index is 0.0576. The third-order valence-corrected chi connectivity index (χ3v) is 6.44. The van der Waals surface area contributed by atoms with Gasteiger partial charge in [0.15, 0.2) is 11.7 Å². The lowest BCUT2D eigenvalue weighted by molar-refractivity contribution is -0.135. The first-order chi connectivity index (χ1) is 15.5. The number of guanidine groups is 1. The third-order valence-electron chi connectivity index (χ3n) is 6.44. The van der Waals surface area contributed by atoms with Gasteiger partial charge in [0.2, 0.25) is 11.8 Å². The van der Waals surface area contributed by atoms with Gasteiger partial charge < -0.3 is 19.5 Å². The predicted octanol–water partition coefficient (Wildman–Crippen LogP) is 2.35. The number of hydrogen-bond donors (Lipinski definition) is 1. The van der Waals surface area contributed by atoms with Crippen molar-refractivity contribution in [2.24, 2.45) is 4.99 Å². The standard InChI is InChI=1S/C24H34N6O2/c1-18-6-8-20(9-7-18)21-16-26-22(32-21)17-27-24(25-3)30-14-12-28(13-15-30)19(2)23(31)29-10-4-5-11-29/h6-9,16,19H,4-5,10-15,17H2,1-3H3,(H,25,27). The molecule has 2 aliphatic rings. The number of rotatable bonds is 5. The van der Waals surface area contributed by atoms with Gasteiger partial charge in [0.05, 0.1) is 18.8 Å². The monoisotopic (exact) mass is 438 g/mol. The van der Waals surface area contributed by atoms with Gasteiger partial charge in [0, 0.05) is 51.9 Å². The van der Waals surface area contributed by atoms with Crippen LogP contribution in [0.1, 0.15) is 31.2 Å². The van der Waals surface area contributed by atoms with Crippen LogP contribution >= 0.6 is 0 Å². The molecule has 2 aromatic rings. The van der Waals surface area contributed by atoms with Gasteiger partial charge in [-0.2, -0.15) is 0 Å². The van der Waals surface area contributed by atoms with Crippen molar-refractivity contribution in [1.29, 1.82) is 0 Å². The number of oxazole rings is 1. The van der Waals surface area contributed by atoms with Crippen molar-refractivity contribution in [3.63, 3.8) is 0 Å². The van der Waals surface area contributed by atoms with E-state index < -0.39 is 0 Å². The minimum Gasteiger partial charge on any atom is -0.439 e. The van der Waals surface area contributed by atoms with Crippen molar-refractivity contribution in [2.45, 2.75) is 39.3 Å². The quantitative estimate of drug-likeness (QED) is 0.570. The Hall–Kier alpha value is -2.87. The van der Waals surface area contributed by atoms with Gasteiger partial charge in [-0.05, 0) is 26.7 Å². The molecule has 0 spiro atoms. The largest absolute Gasteiger partial charge is 0.439 e. The second-order valence-electron chi connectivity index (χ2n) is 8.62. The maximum atomic E-state index is 12.7. The van der Waals surface area contributed by atoms with E-state index in [0.29, 0.717) is 12.4 Å². The molecule has 0 aliphatic carbocycles. The van der Waals surface area contributed by atoms with Crippen molar-refractivity contribution in [3.8, 4) is 11.3 Å². The number of carbonyl (C=O) groups excluding carboxylic acids is 1. The average Bonchev–Trinajstić information content (AvgIpc) is 3.52. The zero-order chi connectivity index (χ0) is 22.5. The first kappa shape index (κ1) is 22.3. The number of carbonyl (C=O) groups is 1. The first-order valence-electron chi connectivity index (χ1n) is 11.6. The number of nitrogens with one attached hydrogen (secondary N) is 1. The van der Waals surface area contributed by atoms with Crippen LogP contribution in [-0.2, 0) is 11.3 Å². The molecule has 1 atom stereocenters. The Morgan fingerprint density at radius 3 is 2.44 bits per heavy atom. The second kappa shape index (κ2) is 10.2. The van der Waals surface area contributed by atoms with Crippen molar-refractivity contribution >= 4 is 11.9 Å². The molecule has 1 aromatic heterocycles. The maximum Gasteiger partial charge on any atom is 0.239 e. The number of nitrogens with zero attached hydrogens (tertiary/aromatic N) is 5. The van der Waals surface area contributed by atoms with Crippen LogP contribution < -0.4 is 5.32 Å². The molecule has 3 heterocycles. The summed E-state index contributed by atoms with van der Waals surface area (Å²) in [4.78, 5) is 28.1. The molecule has 1 unspecified atom stereocenters. The Balaban J connectivity index is 1.27. The van der Waals surface area contributed by atoms with Crippen LogP contribution in [0.3, 0.4) is 0 Å². The fourth-order valence-electron chi connectivity index (χ4n) is 4.41. The Morgan fingerprint density at radius 1 is 1.09 bits per heavy atom. The molecule has 32 heavy (non-hydrogen) atoms. The highest BCUT2D eigenvalue weighted by molar-refractivity contribution is 5.82. The van der Waals surface area contributed by atoms with Crippen LogP contribution in [0.25, 0.3) is 11.3 Å².